The monoisotopic (exact) mass is 447 g/mol. The zero-order valence-corrected chi connectivity index (χ0v) is 19.1. The van der Waals surface area contributed by atoms with Crippen molar-refractivity contribution in [1.82, 2.24) is 15.4 Å². The Kier molecular flexibility index (Phi) is 8.10. The Morgan fingerprint density at radius 1 is 1.12 bits per heavy atom. The number of rotatable bonds is 9. The zero-order chi connectivity index (χ0) is 23.8. The van der Waals surface area contributed by atoms with Gasteiger partial charge in [-0.2, -0.15) is 0 Å². The summed E-state index contributed by atoms with van der Waals surface area (Å²) in [6, 6.07) is 15.6. The van der Waals surface area contributed by atoms with Gasteiger partial charge in [-0.1, -0.05) is 55.5 Å². The van der Waals surface area contributed by atoms with Crippen molar-refractivity contribution in [3.63, 3.8) is 0 Å². The van der Waals surface area contributed by atoms with Crippen LogP contribution in [0.5, 0.6) is 0 Å². The molecule has 1 unspecified atom stereocenters. The minimum atomic E-state index is -0.444. The molecule has 0 saturated carbocycles. The third-order valence-corrected chi connectivity index (χ3v) is 5.29. The first-order valence-corrected chi connectivity index (χ1v) is 10.9. The van der Waals surface area contributed by atoms with E-state index in [1.54, 1.807) is 19.9 Å². The molecule has 3 rings (SSSR count). The molecule has 0 aliphatic rings. The Balaban J connectivity index is 1.78. The molecule has 2 aromatic carbocycles. The van der Waals surface area contributed by atoms with Crippen LogP contribution in [-0.2, 0) is 11.2 Å². The van der Waals surface area contributed by atoms with E-state index in [4.69, 9.17) is 15.4 Å². The van der Waals surface area contributed by atoms with Crippen LogP contribution in [0.15, 0.2) is 54.7 Å². The minimum absolute atomic E-state index is 0.0531. The number of carbonyl (C=O) groups excluding carboxylic acids is 1. The van der Waals surface area contributed by atoms with Crippen molar-refractivity contribution >= 4 is 17.6 Å². The molecule has 1 heterocycles. The third-order valence-electron chi connectivity index (χ3n) is 5.29. The number of carbonyl (C=O) groups is 1. The van der Waals surface area contributed by atoms with Crippen LogP contribution in [0.25, 0.3) is 11.1 Å². The molecule has 3 aromatic rings. The van der Waals surface area contributed by atoms with Gasteiger partial charge in [-0.25, -0.2) is 14.8 Å². The number of hydroxylamine groups is 1. The van der Waals surface area contributed by atoms with Gasteiger partial charge in [-0.05, 0) is 43.4 Å². The molecule has 0 bridgehead atoms. The number of esters is 1. The molecule has 33 heavy (non-hydrogen) atoms. The van der Waals surface area contributed by atoms with Crippen LogP contribution in [0.4, 0.5) is 5.82 Å². The van der Waals surface area contributed by atoms with Crippen LogP contribution in [0, 0.1) is 12.3 Å². The van der Waals surface area contributed by atoms with E-state index in [0.717, 1.165) is 29.5 Å². The highest BCUT2D eigenvalue weighted by Crippen LogP contribution is 2.25. The lowest BCUT2D eigenvalue weighted by atomic mass is 9.96. The van der Waals surface area contributed by atoms with E-state index in [2.05, 4.69) is 22.2 Å². The maximum Gasteiger partial charge on any atom is 0.343 e. The van der Waals surface area contributed by atoms with Gasteiger partial charge < -0.3 is 10.1 Å². The number of hydrogen-bond acceptors (Lipinski definition) is 7. The van der Waals surface area contributed by atoms with Crippen molar-refractivity contribution < 1.29 is 14.7 Å². The van der Waals surface area contributed by atoms with Crippen LogP contribution in [-0.4, -0.2) is 39.6 Å². The number of aromatic nitrogens is 2. The molecule has 8 heteroatoms. The predicted molar refractivity (Wildman–Crippen MR) is 128 cm³/mol. The SMILES string of the molecule is CCOC(=O)c1cnc(C)nc1NC(CC)Cc1ccc(-c2ccccc2C(=N)NO)cc1. The molecule has 8 nitrogen and oxygen atoms in total. The molecular formula is C25H29N5O3. The Hall–Kier alpha value is -3.78. The second-order valence-corrected chi connectivity index (χ2v) is 7.58. The molecule has 1 aromatic heterocycles. The Bertz CT molecular complexity index is 1120. The van der Waals surface area contributed by atoms with E-state index in [9.17, 15) is 4.79 Å². The average molecular weight is 448 g/mol. The number of anilines is 1. The molecule has 0 radical (unpaired) electrons. The van der Waals surface area contributed by atoms with Crippen LogP contribution in [0.2, 0.25) is 0 Å². The van der Waals surface area contributed by atoms with Gasteiger partial charge in [0, 0.05) is 17.8 Å². The topological polar surface area (TPSA) is 120 Å². The number of aryl methyl sites for hydroxylation is 1. The standard InChI is InChI=1S/C25H29N5O3/c1-4-19(29-24-22(25(31)33-5-2)15-27-16(3)28-24)14-17-10-12-18(13-11-17)20-8-6-7-9-21(20)23(26)30-32/h6-13,15,19,32H,4-5,14H2,1-3H3,(H2,26,30)(H,27,28,29). The predicted octanol–water partition coefficient (Wildman–Crippen LogP) is 4.37. The first-order valence-electron chi connectivity index (χ1n) is 10.9. The molecule has 0 saturated heterocycles. The second-order valence-electron chi connectivity index (χ2n) is 7.58. The lowest BCUT2D eigenvalue weighted by Gasteiger charge is -2.20. The third kappa shape index (κ3) is 5.93. The highest BCUT2D eigenvalue weighted by Gasteiger charge is 2.18. The normalized spacial score (nSPS) is 11.5. The molecule has 0 aliphatic carbocycles. The van der Waals surface area contributed by atoms with Gasteiger partial charge in [0.1, 0.15) is 23.0 Å². The van der Waals surface area contributed by atoms with Crippen molar-refractivity contribution in [2.75, 3.05) is 11.9 Å². The quantitative estimate of drug-likeness (QED) is 0.166. The minimum Gasteiger partial charge on any atom is -0.462 e. The molecule has 0 amide bonds. The van der Waals surface area contributed by atoms with Crippen LogP contribution >= 0.6 is 0 Å². The number of nitrogens with zero attached hydrogens (tertiary/aromatic N) is 2. The van der Waals surface area contributed by atoms with Gasteiger partial charge in [0.2, 0.25) is 0 Å². The Morgan fingerprint density at radius 3 is 2.52 bits per heavy atom. The van der Waals surface area contributed by atoms with E-state index in [-0.39, 0.29) is 18.5 Å². The van der Waals surface area contributed by atoms with Gasteiger partial charge in [-0.15, -0.1) is 0 Å². The summed E-state index contributed by atoms with van der Waals surface area (Å²) in [5.41, 5.74) is 5.79. The van der Waals surface area contributed by atoms with Crippen molar-refractivity contribution in [2.45, 2.75) is 39.7 Å². The first kappa shape index (κ1) is 23.9. The number of ether oxygens (including phenoxy) is 1. The van der Waals surface area contributed by atoms with E-state index in [0.29, 0.717) is 22.8 Å². The molecule has 172 valence electrons. The van der Waals surface area contributed by atoms with Gasteiger partial charge >= 0.3 is 5.97 Å². The molecule has 1 atom stereocenters. The highest BCUT2D eigenvalue weighted by atomic mass is 16.5. The first-order chi connectivity index (χ1) is 16.0. The number of hydrogen-bond donors (Lipinski definition) is 4. The van der Waals surface area contributed by atoms with Crippen molar-refractivity contribution in [3.8, 4) is 11.1 Å². The van der Waals surface area contributed by atoms with Gasteiger partial charge in [0.25, 0.3) is 0 Å². The fraction of sp³-hybridized carbons (Fsp3) is 0.280. The van der Waals surface area contributed by atoms with Crippen molar-refractivity contribution in [1.29, 1.82) is 5.41 Å². The summed E-state index contributed by atoms with van der Waals surface area (Å²) in [6.45, 7) is 5.91. The lowest BCUT2D eigenvalue weighted by molar-refractivity contribution is 0.0526. The number of nitrogens with one attached hydrogen (secondary N) is 3. The highest BCUT2D eigenvalue weighted by molar-refractivity contribution is 6.01. The fourth-order valence-corrected chi connectivity index (χ4v) is 3.55. The summed E-state index contributed by atoms with van der Waals surface area (Å²) >= 11 is 0. The van der Waals surface area contributed by atoms with Crippen molar-refractivity contribution in [2.24, 2.45) is 0 Å². The molecule has 4 N–H and O–H groups in total. The van der Waals surface area contributed by atoms with E-state index >= 15 is 0 Å². The van der Waals surface area contributed by atoms with Crippen LogP contribution in [0.3, 0.4) is 0 Å². The largest absolute Gasteiger partial charge is 0.462 e. The summed E-state index contributed by atoms with van der Waals surface area (Å²) < 4.78 is 5.14. The number of benzene rings is 2. The second kappa shape index (κ2) is 11.2. The van der Waals surface area contributed by atoms with Gasteiger partial charge in [0.15, 0.2) is 0 Å². The van der Waals surface area contributed by atoms with Gasteiger partial charge in [-0.3, -0.25) is 16.1 Å². The Morgan fingerprint density at radius 2 is 1.85 bits per heavy atom. The average Bonchev–Trinajstić information content (AvgIpc) is 2.83. The zero-order valence-electron chi connectivity index (χ0n) is 19.1. The Labute approximate surface area is 193 Å². The van der Waals surface area contributed by atoms with E-state index in [1.165, 1.54) is 6.20 Å². The van der Waals surface area contributed by atoms with Crippen molar-refractivity contribution in [3.05, 3.63) is 77.2 Å². The van der Waals surface area contributed by atoms with Crippen LogP contribution in [0.1, 0.15) is 47.6 Å². The molecule has 0 fully saturated rings. The number of amidine groups is 1. The summed E-state index contributed by atoms with van der Waals surface area (Å²) in [6.07, 6.45) is 3.06. The summed E-state index contributed by atoms with van der Waals surface area (Å²) in [4.78, 5) is 20.9. The summed E-state index contributed by atoms with van der Waals surface area (Å²) in [5, 5.41) is 20.4. The van der Waals surface area contributed by atoms with Gasteiger partial charge in [0.05, 0.1) is 6.61 Å². The molecule has 0 spiro atoms. The summed E-state index contributed by atoms with van der Waals surface area (Å²) in [7, 11) is 0. The van der Waals surface area contributed by atoms with Crippen LogP contribution < -0.4 is 10.8 Å². The molecule has 0 aliphatic heterocycles. The fourth-order valence-electron chi connectivity index (χ4n) is 3.55. The summed E-state index contributed by atoms with van der Waals surface area (Å²) in [5.74, 6) is 0.558. The molecular weight excluding hydrogens is 418 g/mol. The lowest BCUT2D eigenvalue weighted by Crippen LogP contribution is -2.24. The smallest absolute Gasteiger partial charge is 0.343 e. The van der Waals surface area contributed by atoms with E-state index in [1.807, 2.05) is 47.9 Å². The maximum atomic E-state index is 12.3. The van der Waals surface area contributed by atoms with E-state index < -0.39 is 5.97 Å². The maximum absolute atomic E-state index is 12.3.